The zero-order valence-electron chi connectivity index (χ0n) is 13.0. The van der Waals surface area contributed by atoms with E-state index in [1.165, 1.54) is 19.3 Å². The summed E-state index contributed by atoms with van der Waals surface area (Å²) in [6.45, 7) is 4.49. The zero-order chi connectivity index (χ0) is 15.4. The number of ether oxygens (including phenoxy) is 1. The first-order valence-electron chi connectivity index (χ1n) is 8.29. The smallest absolute Gasteiger partial charge is 0.167 e. The summed E-state index contributed by atoms with van der Waals surface area (Å²) in [5.41, 5.74) is 7.70. The van der Waals surface area contributed by atoms with E-state index < -0.39 is 0 Å². The Morgan fingerprint density at radius 3 is 2.96 bits per heavy atom. The number of rotatable bonds is 3. The van der Waals surface area contributed by atoms with Crippen LogP contribution < -0.4 is 11.1 Å². The Morgan fingerprint density at radius 1 is 1.30 bits per heavy atom. The van der Waals surface area contributed by atoms with Gasteiger partial charge in [-0.2, -0.15) is 0 Å². The number of hydrogen-bond donors (Lipinski definition) is 2. The number of nitrogen functional groups attached to an aromatic ring is 1. The number of nitrogens with one attached hydrogen (secondary N) is 1. The van der Waals surface area contributed by atoms with E-state index in [4.69, 9.17) is 10.5 Å². The summed E-state index contributed by atoms with van der Waals surface area (Å²) in [4.78, 5) is 15.2. The molecule has 0 amide bonds. The summed E-state index contributed by atoms with van der Waals surface area (Å²) >= 11 is 0. The molecule has 8 heteroatoms. The Labute approximate surface area is 134 Å². The van der Waals surface area contributed by atoms with Crippen LogP contribution >= 0.6 is 0 Å². The number of fused-ring (bicyclic) bond motifs is 1. The van der Waals surface area contributed by atoms with Crippen molar-refractivity contribution in [3.05, 3.63) is 12.7 Å². The number of aromatic nitrogens is 4. The normalized spacial score (nSPS) is 29.7. The molecule has 3 N–H and O–H groups in total. The fourth-order valence-corrected chi connectivity index (χ4v) is 4.04. The summed E-state index contributed by atoms with van der Waals surface area (Å²) < 4.78 is 8.27. The van der Waals surface area contributed by atoms with Gasteiger partial charge in [-0.15, -0.1) is 0 Å². The van der Waals surface area contributed by atoms with Crippen molar-refractivity contribution < 1.29 is 4.74 Å². The predicted octanol–water partition coefficient (Wildman–Crippen LogP) is 0.134. The van der Waals surface area contributed by atoms with Gasteiger partial charge >= 0.3 is 0 Å². The molecule has 0 unspecified atom stereocenters. The lowest BCUT2D eigenvalue weighted by atomic mass is 9.79. The Kier molecular flexibility index (Phi) is 2.88. The van der Waals surface area contributed by atoms with Crippen molar-refractivity contribution in [1.29, 1.82) is 0 Å². The lowest BCUT2D eigenvalue weighted by Crippen LogP contribution is -2.76. The van der Waals surface area contributed by atoms with E-state index in [0.717, 1.165) is 38.1 Å². The summed E-state index contributed by atoms with van der Waals surface area (Å²) in [5.74, 6) is 0.420. The highest BCUT2D eigenvalue weighted by Gasteiger charge is 2.50. The molecule has 0 bridgehead atoms. The summed E-state index contributed by atoms with van der Waals surface area (Å²) in [6.07, 6.45) is 6.91. The van der Waals surface area contributed by atoms with Gasteiger partial charge in [0.15, 0.2) is 11.5 Å². The maximum absolute atomic E-state index is 6.28. The zero-order valence-corrected chi connectivity index (χ0v) is 13.0. The summed E-state index contributed by atoms with van der Waals surface area (Å²) in [7, 11) is 0. The average Bonchev–Trinajstić information content (AvgIpc) is 3.09. The predicted molar refractivity (Wildman–Crippen MR) is 84.7 cm³/mol. The minimum atomic E-state index is -0.00366. The van der Waals surface area contributed by atoms with Gasteiger partial charge in [0, 0.05) is 31.7 Å². The molecule has 0 aliphatic carbocycles. The molecule has 2 aromatic heterocycles. The van der Waals surface area contributed by atoms with Crippen LogP contribution in [0.25, 0.3) is 11.2 Å². The van der Waals surface area contributed by atoms with Gasteiger partial charge in [-0.3, -0.25) is 9.47 Å². The number of anilines is 1. The molecule has 3 saturated heterocycles. The van der Waals surface area contributed by atoms with Crippen LogP contribution in [0.1, 0.15) is 25.5 Å². The van der Waals surface area contributed by atoms with E-state index in [2.05, 4.69) is 25.2 Å². The molecule has 23 heavy (non-hydrogen) atoms. The maximum atomic E-state index is 6.28. The van der Waals surface area contributed by atoms with Crippen molar-refractivity contribution in [2.24, 2.45) is 0 Å². The van der Waals surface area contributed by atoms with Gasteiger partial charge in [0.25, 0.3) is 0 Å². The Bertz CT molecular complexity index is 735. The number of nitrogens with two attached hydrogens (primary N) is 1. The van der Waals surface area contributed by atoms with Crippen LogP contribution in [0.2, 0.25) is 0 Å². The minimum absolute atomic E-state index is 0.00366. The molecular weight excluding hydrogens is 294 g/mol. The average molecular weight is 315 g/mol. The van der Waals surface area contributed by atoms with Crippen LogP contribution in [0, 0.1) is 0 Å². The van der Waals surface area contributed by atoms with Gasteiger partial charge in [0.05, 0.1) is 12.4 Å². The van der Waals surface area contributed by atoms with Crippen molar-refractivity contribution >= 4 is 17.0 Å². The van der Waals surface area contributed by atoms with E-state index in [0.29, 0.717) is 16.9 Å². The first-order chi connectivity index (χ1) is 11.3. The van der Waals surface area contributed by atoms with Crippen LogP contribution in [0.15, 0.2) is 12.7 Å². The lowest BCUT2D eigenvalue weighted by molar-refractivity contribution is -0.0923. The molecule has 8 nitrogen and oxygen atoms in total. The highest BCUT2D eigenvalue weighted by molar-refractivity contribution is 5.81. The number of nitrogens with zero attached hydrogens (tertiary/aromatic N) is 5. The van der Waals surface area contributed by atoms with Crippen molar-refractivity contribution in [1.82, 2.24) is 29.7 Å². The first-order valence-corrected chi connectivity index (χ1v) is 8.29. The molecular formula is C15H21N7O. The Hall–Kier alpha value is -1.77. The van der Waals surface area contributed by atoms with Gasteiger partial charge in [0.1, 0.15) is 18.1 Å². The van der Waals surface area contributed by atoms with Crippen LogP contribution in [0.3, 0.4) is 0 Å². The first kappa shape index (κ1) is 13.6. The topological polar surface area (TPSA) is 94.1 Å². The molecule has 3 aliphatic rings. The molecule has 0 saturated carbocycles. The molecule has 122 valence electrons. The minimum Gasteiger partial charge on any atom is -0.382 e. The van der Waals surface area contributed by atoms with Gasteiger partial charge in [0.2, 0.25) is 0 Å². The monoisotopic (exact) mass is 315 g/mol. The summed E-state index contributed by atoms with van der Waals surface area (Å²) in [6, 6.07) is 0. The molecule has 5 heterocycles. The molecule has 0 radical (unpaired) electrons. The van der Waals surface area contributed by atoms with E-state index in [9.17, 15) is 0 Å². The van der Waals surface area contributed by atoms with Gasteiger partial charge in [-0.25, -0.2) is 15.0 Å². The molecule has 5 rings (SSSR count). The second kappa shape index (κ2) is 4.86. The number of likely N-dealkylation sites (tertiary alicyclic amines) is 1. The third-order valence-corrected chi connectivity index (χ3v) is 5.63. The van der Waals surface area contributed by atoms with Crippen LogP contribution in [0.5, 0.6) is 0 Å². The fraction of sp³-hybridized carbons (Fsp3) is 0.667. The third kappa shape index (κ3) is 1.98. The van der Waals surface area contributed by atoms with Crippen molar-refractivity contribution in [2.75, 3.05) is 31.9 Å². The van der Waals surface area contributed by atoms with Crippen LogP contribution in [0.4, 0.5) is 5.82 Å². The van der Waals surface area contributed by atoms with Crippen LogP contribution in [-0.2, 0) is 4.74 Å². The highest BCUT2D eigenvalue weighted by Crippen LogP contribution is 2.37. The van der Waals surface area contributed by atoms with E-state index in [1.54, 1.807) is 6.33 Å². The molecule has 2 atom stereocenters. The van der Waals surface area contributed by atoms with Crippen molar-refractivity contribution in [3.8, 4) is 0 Å². The second-order valence-electron chi connectivity index (χ2n) is 6.90. The van der Waals surface area contributed by atoms with Gasteiger partial charge < -0.3 is 15.8 Å². The number of hydrogen-bond acceptors (Lipinski definition) is 7. The van der Waals surface area contributed by atoms with E-state index in [-0.39, 0.29) is 12.3 Å². The molecule has 2 aromatic rings. The van der Waals surface area contributed by atoms with Gasteiger partial charge in [-0.05, 0) is 19.3 Å². The summed E-state index contributed by atoms with van der Waals surface area (Å²) in [5, 5.41) is 3.39. The second-order valence-corrected chi connectivity index (χ2v) is 6.90. The fourth-order valence-electron chi connectivity index (χ4n) is 4.04. The standard InChI is InChI=1S/C15H21N7O/c16-13-12-14(19-8-18-13)22(9-20-12)11-2-1-10(23-11)5-21-4-3-15(21)6-17-7-15/h8-11,17H,1-7H2,(H2,16,18,19)/t10-,11+/m0/s1. The largest absolute Gasteiger partial charge is 0.382 e. The third-order valence-electron chi connectivity index (χ3n) is 5.63. The van der Waals surface area contributed by atoms with Gasteiger partial charge in [-0.1, -0.05) is 0 Å². The Morgan fingerprint density at radius 2 is 2.22 bits per heavy atom. The van der Waals surface area contributed by atoms with Crippen molar-refractivity contribution in [3.63, 3.8) is 0 Å². The molecule has 3 aliphatic heterocycles. The maximum Gasteiger partial charge on any atom is 0.167 e. The molecule has 1 spiro atoms. The quantitative estimate of drug-likeness (QED) is 0.831. The lowest BCUT2D eigenvalue weighted by Gasteiger charge is -2.59. The molecule has 3 fully saturated rings. The number of imidazole rings is 1. The van der Waals surface area contributed by atoms with E-state index >= 15 is 0 Å². The Balaban J connectivity index is 1.30. The van der Waals surface area contributed by atoms with E-state index in [1.807, 2.05) is 4.57 Å². The highest BCUT2D eigenvalue weighted by atomic mass is 16.5. The van der Waals surface area contributed by atoms with Crippen molar-refractivity contribution in [2.45, 2.75) is 37.1 Å². The van der Waals surface area contributed by atoms with Crippen LogP contribution in [-0.4, -0.2) is 62.2 Å². The SMILES string of the molecule is Nc1ncnc2c1ncn2[C@H]1CC[C@@H](CN2CCC23CNC3)O1. The molecule has 0 aromatic carbocycles.